The summed E-state index contributed by atoms with van der Waals surface area (Å²) in [6, 6.07) is 8.26. The van der Waals surface area contributed by atoms with Crippen LogP contribution in [0.2, 0.25) is 0 Å². The van der Waals surface area contributed by atoms with Crippen LogP contribution in [0.3, 0.4) is 0 Å². The third kappa shape index (κ3) is 3.76. The van der Waals surface area contributed by atoms with Gasteiger partial charge in [0.1, 0.15) is 11.5 Å². The Bertz CT molecular complexity index is 1010. The Morgan fingerprint density at radius 2 is 2.10 bits per heavy atom. The van der Waals surface area contributed by atoms with Crippen molar-refractivity contribution < 1.29 is 33.7 Å². The summed E-state index contributed by atoms with van der Waals surface area (Å²) in [5, 5.41) is 23.7. The fourth-order valence-electron chi connectivity index (χ4n) is 3.63. The number of phenols is 2. The van der Waals surface area contributed by atoms with E-state index in [9.17, 15) is 19.4 Å². The van der Waals surface area contributed by atoms with Gasteiger partial charge in [-0.15, -0.1) is 0 Å². The molecule has 4 rings (SSSR count). The van der Waals surface area contributed by atoms with Crippen LogP contribution >= 0.6 is 0 Å². The predicted molar refractivity (Wildman–Crippen MR) is 104 cm³/mol. The number of phenolic OH excluding ortho intramolecular Hbond substituents is 2. The van der Waals surface area contributed by atoms with Gasteiger partial charge in [0.2, 0.25) is 0 Å². The molecule has 2 aliphatic rings. The van der Waals surface area contributed by atoms with Gasteiger partial charge in [-0.25, -0.2) is 4.39 Å². The van der Waals surface area contributed by atoms with Crippen molar-refractivity contribution in [3.8, 4) is 17.2 Å². The summed E-state index contributed by atoms with van der Waals surface area (Å²) in [7, 11) is 1.39. The molecule has 1 saturated heterocycles. The molecule has 9 heteroatoms. The van der Waals surface area contributed by atoms with Crippen LogP contribution in [0.4, 0.5) is 4.39 Å². The second-order valence-electron chi connectivity index (χ2n) is 7.32. The summed E-state index contributed by atoms with van der Waals surface area (Å²) >= 11 is 0. The molecule has 2 aliphatic heterocycles. The molecular formula is C21H21FN2O6. The van der Waals surface area contributed by atoms with E-state index in [4.69, 9.17) is 14.3 Å². The molecule has 1 unspecified atom stereocenters. The van der Waals surface area contributed by atoms with Crippen molar-refractivity contribution in [2.24, 2.45) is 5.16 Å². The molecule has 2 aromatic carbocycles. The van der Waals surface area contributed by atoms with Gasteiger partial charge in [0, 0.05) is 24.6 Å². The molecular weight excluding hydrogens is 395 g/mol. The number of aromatic hydroxyl groups is 2. The minimum atomic E-state index is -0.893. The topological polar surface area (TPSA) is 101 Å². The summed E-state index contributed by atoms with van der Waals surface area (Å²) in [6.07, 6.45) is 0.354. The Balaban J connectivity index is 1.54. The molecule has 0 saturated carbocycles. The molecule has 8 nitrogen and oxygen atoms in total. The van der Waals surface area contributed by atoms with Gasteiger partial charge in [-0.1, -0.05) is 5.16 Å². The van der Waals surface area contributed by atoms with E-state index in [-0.39, 0.29) is 36.0 Å². The Morgan fingerprint density at radius 1 is 1.27 bits per heavy atom. The lowest BCUT2D eigenvalue weighted by Gasteiger charge is -2.29. The van der Waals surface area contributed by atoms with Gasteiger partial charge < -0.3 is 29.4 Å². The standard InChI is InChI=1S/C21H21FN2O6/c1-28-19-8-13(2-5-16(19)22)17-10-21(30-23-17)11-24(6-7-29-12-21)20(27)15-4-3-14(25)9-18(15)26/h2-5,8-9,25-26H,6-7,10-12H2,1H3. The van der Waals surface area contributed by atoms with Gasteiger partial charge in [-0.3, -0.25) is 4.79 Å². The van der Waals surface area contributed by atoms with Gasteiger partial charge in [-0.05, 0) is 30.3 Å². The third-order valence-electron chi connectivity index (χ3n) is 5.17. The van der Waals surface area contributed by atoms with Crippen molar-refractivity contribution in [1.29, 1.82) is 0 Å². The van der Waals surface area contributed by atoms with E-state index in [0.717, 1.165) is 6.07 Å². The van der Waals surface area contributed by atoms with Gasteiger partial charge in [0.15, 0.2) is 17.2 Å². The van der Waals surface area contributed by atoms with Gasteiger partial charge >= 0.3 is 0 Å². The Morgan fingerprint density at radius 3 is 2.87 bits per heavy atom. The van der Waals surface area contributed by atoms with Crippen molar-refractivity contribution in [1.82, 2.24) is 4.90 Å². The van der Waals surface area contributed by atoms with Crippen molar-refractivity contribution >= 4 is 11.6 Å². The fourth-order valence-corrected chi connectivity index (χ4v) is 3.63. The largest absolute Gasteiger partial charge is 0.508 e. The molecule has 0 radical (unpaired) electrons. The first-order chi connectivity index (χ1) is 14.4. The molecule has 0 aromatic heterocycles. The van der Waals surface area contributed by atoms with Crippen LogP contribution in [0.1, 0.15) is 22.3 Å². The average molecular weight is 416 g/mol. The minimum Gasteiger partial charge on any atom is -0.508 e. The van der Waals surface area contributed by atoms with Crippen LogP contribution < -0.4 is 4.74 Å². The van der Waals surface area contributed by atoms with E-state index in [0.29, 0.717) is 30.8 Å². The summed E-state index contributed by atoms with van der Waals surface area (Å²) in [5.41, 5.74) is 0.435. The summed E-state index contributed by atoms with van der Waals surface area (Å²) in [6.45, 7) is 1.03. The molecule has 30 heavy (non-hydrogen) atoms. The fraction of sp³-hybridized carbons (Fsp3) is 0.333. The van der Waals surface area contributed by atoms with E-state index < -0.39 is 17.3 Å². The van der Waals surface area contributed by atoms with Crippen LogP contribution in [0, 0.1) is 5.82 Å². The number of methoxy groups -OCH3 is 1. The smallest absolute Gasteiger partial charge is 0.257 e. The maximum absolute atomic E-state index is 13.7. The Hall–Kier alpha value is -3.33. The number of hydrogen-bond acceptors (Lipinski definition) is 7. The zero-order valence-electron chi connectivity index (χ0n) is 16.3. The number of halogens is 1. The lowest BCUT2D eigenvalue weighted by Crippen LogP contribution is -2.46. The second-order valence-corrected chi connectivity index (χ2v) is 7.32. The third-order valence-corrected chi connectivity index (χ3v) is 5.17. The number of oxime groups is 1. The second kappa shape index (κ2) is 7.83. The molecule has 1 atom stereocenters. The number of amides is 1. The first-order valence-corrected chi connectivity index (χ1v) is 9.39. The van der Waals surface area contributed by atoms with Gasteiger partial charge in [0.05, 0.1) is 38.1 Å². The van der Waals surface area contributed by atoms with E-state index in [2.05, 4.69) is 5.16 Å². The number of hydrogen-bond donors (Lipinski definition) is 2. The number of carbonyl (C=O) groups excluding carboxylic acids is 1. The maximum atomic E-state index is 13.7. The first kappa shape index (κ1) is 20.0. The van der Waals surface area contributed by atoms with E-state index in [1.165, 1.54) is 30.2 Å². The molecule has 0 bridgehead atoms. The Kier molecular flexibility index (Phi) is 5.21. The predicted octanol–water partition coefficient (Wildman–Crippen LogP) is 2.28. The number of benzene rings is 2. The summed E-state index contributed by atoms with van der Waals surface area (Å²) in [5.74, 6) is -1.21. The lowest BCUT2D eigenvalue weighted by molar-refractivity contribution is -0.0701. The lowest BCUT2D eigenvalue weighted by atomic mass is 9.94. The molecule has 1 amide bonds. The highest BCUT2D eigenvalue weighted by Crippen LogP contribution is 2.32. The van der Waals surface area contributed by atoms with E-state index in [1.54, 1.807) is 12.1 Å². The van der Waals surface area contributed by atoms with Crippen molar-refractivity contribution in [3.05, 3.63) is 53.3 Å². The highest BCUT2D eigenvalue weighted by Gasteiger charge is 2.44. The van der Waals surface area contributed by atoms with Crippen molar-refractivity contribution in [2.45, 2.75) is 12.0 Å². The summed E-state index contributed by atoms with van der Waals surface area (Å²) in [4.78, 5) is 20.2. The maximum Gasteiger partial charge on any atom is 0.257 e. The van der Waals surface area contributed by atoms with Crippen LogP contribution in [0.5, 0.6) is 17.2 Å². The highest BCUT2D eigenvalue weighted by molar-refractivity contribution is 6.02. The monoisotopic (exact) mass is 416 g/mol. The van der Waals surface area contributed by atoms with E-state index >= 15 is 0 Å². The van der Waals surface area contributed by atoms with E-state index in [1.807, 2.05) is 0 Å². The first-order valence-electron chi connectivity index (χ1n) is 9.39. The molecule has 2 aromatic rings. The number of nitrogens with zero attached hydrogens (tertiary/aromatic N) is 2. The van der Waals surface area contributed by atoms with Crippen LogP contribution in [-0.4, -0.2) is 65.7 Å². The number of ether oxygens (including phenoxy) is 2. The summed E-state index contributed by atoms with van der Waals surface area (Å²) < 4.78 is 24.4. The van der Waals surface area contributed by atoms with Gasteiger partial charge in [0.25, 0.3) is 5.91 Å². The Labute approximate surface area is 172 Å². The van der Waals surface area contributed by atoms with Gasteiger partial charge in [-0.2, -0.15) is 0 Å². The molecule has 1 fully saturated rings. The molecule has 2 heterocycles. The SMILES string of the molecule is COc1cc(C2=NOC3(COCCN(C(=O)c4ccc(O)cc4O)C3)C2)ccc1F. The minimum absolute atomic E-state index is 0.0762. The zero-order chi connectivity index (χ0) is 21.3. The molecule has 2 N–H and O–H groups in total. The quantitative estimate of drug-likeness (QED) is 0.796. The van der Waals surface area contributed by atoms with Crippen LogP contribution in [0.25, 0.3) is 0 Å². The number of rotatable bonds is 3. The highest BCUT2D eigenvalue weighted by atomic mass is 19.1. The molecule has 0 aliphatic carbocycles. The van der Waals surface area contributed by atoms with Crippen LogP contribution in [-0.2, 0) is 9.57 Å². The number of carbonyl (C=O) groups is 1. The molecule has 1 spiro atoms. The normalized spacial score (nSPS) is 21.1. The van der Waals surface area contributed by atoms with Crippen LogP contribution in [0.15, 0.2) is 41.6 Å². The van der Waals surface area contributed by atoms with Crippen molar-refractivity contribution in [3.63, 3.8) is 0 Å². The molecule has 158 valence electrons. The average Bonchev–Trinajstić information content (AvgIpc) is 3.02. The van der Waals surface area contributed by atoms with Crippen molar-refractivity contribution in [2.75, 3.05) is 33.4 Å². The zero-order valence-corrected chi connectivity index (χ0v) is 16.3.